The van der Waals surface area contributed by atoms with E-state index in [1.807, 2.05) is 31.0 Å². The molecular formula is C11H23N2O2SSe+. The first-order valence-electron chi connectivity index (χ1n) is 5.90. The molecule has 0 saturated carbocycles. The van der Waals surface area contributed by atoms with E-state index in [-0.39, 0.29) is 17.6 Å². The van der Waals surface area contributed by atoms with E-state index in [9.17, 15) is 4.79 Å². The maximum atomic E-state index is 11.9. The van der Waals surface area contributed by atoms with Crippen LogP contribution in [0.4, 0.5) is 0 Å². The second-order valence-corrected chi connectivity index (χ2v) is 9.77. The van der Waals surface area contributed by atoms with Gasteiger partial charge in [0.25, 0.3) is 0 Å². The Labute approximate surface area is 113 Å². The van der Waals surface area contributed by atoms with Crippen LogP contribution in [0.25, 0.3) is 0 Å². The Kier molecular flexibility index (Phi) is 6.31. The van der Waals surface area contributed by atoms with Gasteiger partial charge < -0.3 is 0 Å². The second kappa shape index (κ2) is 7.00. The number of quaternary nitrogens is 1. The van der Waals surface area contributed by atoms with Crippen molar-refractivity contribution >= 4 is 29.9 Å². The Balaban J connectivity index is 2.26. The van der Waals surface area contributed by atoms with Crippen molar-refractivity contribution in [3.8, 4) is 0 Å². The summed E-state index contributed by atoms with van der Waals surface area (Å²) in [5.41, 5.74) is 3.66. The molecule has 1 fully saturated rings. The van der Waals surface area contributed by atoms with Crippen molar-refractivity contribution in [3.63, 3.8) is 0 Å². The summed E-state index contributed by atoms with van der Waals surface area (Å²) >= 11 is 0.634. The zero-order valence-corrected chi connectivity index (χ0v) is 13.4. The van der Waals surface area contributed by atoms with Crippen molar-refractivity contribution in [3.05, 3.63) is 0 Å². The molecule has 1 heterocycles. The Bertz CT molecular complexity index is 252. The standard InChI is InChI=1S/C11H22N2O2SSe/c1-11(2,3)15-6-9(12)10(14)13-8-4-5-16-17-7-8/h8-9H,4-7,12H2,1-3H3,(H,13,14)/p+1/t8-,9-/m0/s1. The van der Waals surface area contributed by atoms with E-state index >= 15 is 0 Å². The Morgan fingerprint density at radius 2 is 2.35 bits per heavy atom. The number of carbonyl (C=O) groups excluding carboxylic acids is 1. The van der Waals surface area contributed by atoms with E-state index in [0.717, 1.165) is 11.7 Å². The Morgan fingerprint density at radius 1 is 1.65 bits per heavy atom. The molecule has 1 saturated heterocycles. The number of rotatable bonds is 4. The molecule has 0 aliphatic carbocycles. The van der Waals surface area contributed by atoms with Gasteiger partial charge in [-0.05, 0) is 0 Å². The van der Waals surface area contributed by atoms with E-state index in [4.69, 9.17) is 4.74 Å². The first-order valence-corrected chi connectivity index (χ1v) is 10.1. The van der Waals surface area contributed by atoms with E-state index < -0.39 is 0 Å². The number of carbonyl (C=O) groups is 1. The average molecular weight is 326 g/mol. The minimum atomic E-state index is -0.309. The van der Waals surface area contributed by atoms with Gasteiger partial charge in [0.2, 0.25) is 0 Å². The van der Waals surface area contributed by atoms with Gasteiger partial charge >= 0.3 is 113 Å². The molecule has 100 valence electrons. The molecule has 6 heteroatoms. The van der Waals surface area contributed by atoms with Gasteiger partial charge in [0.05, 0.1) is 0 Å². The van der Waals surface area contributed by atoms with Crippen LogP contribution in [-0.4, -0.2) is 49.8 Å². The molecule has 0 spiro atoms. The van der Waals surface area contributed by atoms with Gasteiger partial charge in [0.15, 0.2) is 0 Å². The molecule has 1 aliphatic heterocycles. The molecule has 0 radical (unpaired) electrons. The van der Waals surface area contributed by atoms with Crippen LogP contribution in [0.3, 0.4) is 0 Å². The van der Waals surface area contributed by atoms with Crippen LogP contribution in [0.1, 0.15) is 27.2 Å². The van der Waals surface area contributed by atoms with Crippen molar-refractivity contribution < 1.29 is 15.3 Å². The summed E-state index contributed by atoms with van der Waals surface area (Å²) in [5.74, 6) is 1.20. The summed E-state index contributed by atoms with van der Waals surface area (Å²) in [6.07, 6.45) is 1.09. The predicted octanol–water partition coefficient (Wildman–Crippen LogP) is 0.0712. The fraction of sp³-hybridized carbons (Fsp3) is 0.909. The summed E-state index contributed by atoms with van der Waals surface area (Å²) in [7, 11) is 2.02. The van der Waals surface area contributed by atoms with Gasteiger partial charge in [-0.3, -0.25) is 0 Å². The number of amides is 1. The molecule has 0 bridgehead atoms. The first-order chi connectivity index (χ1) is 7.88. The first kappa shape index (κ1) is 15.3. The van der Waals surface area contributed by atoms with E-state index in [1.54, 1.807) is 0 Å². The predicted molar refractivity (Wildman–Crippen MR) is 71.9 cm³/mol. The number of hydrogen-bond donors (Lipinski definition) is 2. The third kappa shape index (κ3) is 6.67. The van der Waals surface area contributed by atoms with Gasteiger partial charge in [0.1, 0.15) is 0 Å². The van der Waals surface area contributed by atoms with Crippen molar-refractivity contribution in [1.82, 2.24) is 5.32 Å². The molecule has 0 aromatic carbocycles. The van der Waals surface area contributed by atoms with Gasteiger partial charge in [-0.15, -0.1) is 0 Å². The van der Waals surface area contributed by atoms with Crippen LogP contribution in [0, 0.1) is 0 Å². The summed E-state index contributed by atoms with van der Waals surface area (Å²) < 4.78 is 5.58. The average Bonchev–Trinajstić information content (AvgIpc) is 2.26. The zero-order chi connectivity index (χ0) is 12.9. The van der Waals surface area contributed by atoms with Crippen LogP contribution in [0.5, 0.6) is 0 Å². The second-order valence-electron chi connectivity index (χ2n) is 5.22. The third-order valence-electron chi connectivity index (χ3n) is 2.34. The SMILES string of the molecule is CC(C)(C)OC[C@H]([NH3+])C(=O)N[C@H]1CCS[Se]C1. The molecule has 17 heavy (non-hydrogen) atoms. The van der Waals surface area contributed by atoms with Crippen LogP contribution < -0.4 is 11.1 Å². The van der Waals surface area contributed by atoms with Crippen LogP contribution in [0.2, 0.25) is 5.32 Å². The van der Waals surface area contributed by atoms with Crippen molar-refractivity contribution in [2.24, 2.45) is 0 Å². The zero-order valence-electron chi connectivity index (χ0n) is 10.8. The summed E-state index contributed by atoms with van der Waals surface area (Å²) in [6, 6.07) is 0.0546. The molecule has 2 atom stereocenters. The molecule has 0 aromatic rings. The van der Waals surface area contributed by atoms with Gasteiger partial charge in [0, 0.05) is 0 Å². The van der Waals surface area contributed by atoms with E-state index in [1.165, 1.54) is 5.75 Å². The van der Waals surface area contributed by atoms with Gasteiger partial charge in [-0.2, -0.15) is 0 Å². The van der Waals surface area contributed by atoms with Gasteiger partial charge in [-0.1, -0.05) is 0 Å². The summed E-state index contributed by atoms with van der Waals surface area (Å²) in [4.78, 5) is 11.9. The number of hydrogen-bond acceptors (Lipinski definition) is 3. The van der Waals surface area contributed by atoms with Gasteiger partial charge in [-0.25, -0.2) is 0 Å². The monoisotopic (exact) mass is 327 g/mol. The minimum absolute atomic E-state index is 0.0296. The molecule has 0 aromatic heterocycles. The summed E-state index contributed by atoms with van der Waals surface area (Å²) in [5, 5.41) is 4.21. The number of ether oxygens (including phenoxy) is 1. The molecule has 1 rings (SSSR count). The molecule has 0 unspecified atom stereocenters. The van der Waals surface area contributed by atoms with Crippen LogP contribution in [-0.2, 0) is 9.53 Å². The summed E-state index contributed by atoms with van der Waals surface area (Å²) in [6.45, 7) is 6.34. The quantitative estimate of drug-likeness (QED) is 0.719. The maximum absolute atomic E-state index is 11.9. The molecular weight excluding hydrogens is 303 g/mol. The van der Waals surface area contributed by atoms with Crippen molar-refractivity contribution in [1.29, 1.82) is 0 Å². The van der Waals surface area contributed by atoms with Crippen LogP contribution >= 0.6 is 10.2 Å². The topological polar surface area (TPSA) is 66.0 Å². The van der Waals surface area contributed by atoms with Crippen molar-refractivity contribution in [2.75, 3.05) is 12.4 Å². The van der Waals surface area contributed by atoms with E-state index in [0.29, 0.717) is 26.5 Å². The Hall–Kier alpha value is 0.259. The molecule has 4 N–H and O–H groups in total. The van der Waals surface area contributed by atoms with Crippen molar-refractivity contribution in [2.45, 2.75) is 50.2 Å². The normalized spacial score (nSPS) is 23.2. The Morgan fingerprint density at radius 3 is 2.88 bits per heavy atom. The number of nitrogens with one attached hydrogen (secondary N) is 1. The van der Waals surface area contributed by atoms with Crippen LogP contribution in [0.15, 0.2) is 0 Å². The molecule has 4 nitrogen and oxygen atoms in total. The fourth-order valence-corrected chi connectivity index (χ4v) is 5.59. The third-order valence-corrected chi connectivity index (χ3v) is 6.84. The van der Waals surface area contributed by atoms with E-state index in [2.05, 4.69) is 11.1 Å². The fourth-order valence-electron chi connectivity index (χ4n) is 1.32. The molecule has 1 aliphatic rings. The molecule has 1 amide bonds.